The zero-order chi connectivity index (χ0) is 20.8. The second kappa shape index (κ2) is 9.69. The first-order valence-electron chi connectivity index (χ1n) is 9.57. The molecule has 154 valence electrons. The Morgan fingerprint density at radius 1 is 1.10 bits per heavy atom. The van der Waals surface area contributed by atoms with E-state index in [9.17, 15) is 9.59 Å². The zero-order valence-electron chi connectivity index (χ0n) is 16.9. The molecule has 6 nitrogen and oxygen atoms in total. The molecule has 0 saturated carbocycles. The van der Waals surface area contributed by atoms with Crippen molar-refractivity contribution in [3.63, 3.8) is 0 Å². The highest BCUT2D eigenvalue weighted by atomic mass is 32.2. The lowest BCUT2D eigenvalue weighted by molar-refractivity contribution is -0.125. The van der Waals surface area contributed by atoms with Crippen molar-refractivity contribution in [3.8, 4) is 11.5 Å². The second-order valence-corrected chi connectivity index (χ2v) is 7.90. The minimum atomic E-state index is -0.204. The fourth-order valence-corrected chi connectivity index (χ4v) is 4.30. The van der Waals surface area contributed by atoms with Gasteiger partial charge in [-0.1, -0.05) is 18.2 Å². The van der Waals surface area contributed by atoms with Gasteiger partial charge in [0.1, 0.15) is 0 Å². The minimum Gasteiger partial charge on any atom is -0.493 e. The van der Waals surface area contributed by atoms with Gasteiger partial charge in [-0.3, -0.25) is 9.59 Å². The normalized spacial score (nSPS) is 14.0. The molecule has 1 N–H and O–H groups in total. The molecule has 7 heteroatoms. The Balaban J connectivity index is 1.55. The Kier molecular flexibility index (Phi) is 7.04. The maximum absolute atomic E-state index is 12.7. The standard InChI is InChI=1S/C22H26N2O4S/c1-15(16-8-9-18(27-2)19(14-16)28-3)23-21(25)10-11-22(26)24-12-13-29-20-7-5-4-6-17(20)24/h4-9,14-15H,10-13H2,1-3H3,(H,23,25). The summed E-state index contributed by atoms with van der Waals surface area (Å²) >= 11 is 1.75. The van der Waals surface area contributed by atoms with E-state index < -0.39 is 0 Å². The molecule has 0 fully saturated rings. The Hall–Kier alpha value is -2.67. The number of anilines is 1. The quantitative estimate of drug-likeness (QED) is 0.746. The highest BCUT2D eigenvalue weighted by Gasteiger charge is 2.23. The van der Waals surface area contributed by atoms with Crippen LogP contribution in [-0.4, -0.2) is 38.3 Å². The van der Waals surface area contributed by atoms with Crippen molar-refractivity contribution in [1.82, 2.24) is 5.32 Å². The van der Waals surface area contributed by atoms with Crippen LogP contribution in [0.2, 0.25) is 0 Å². The molecule has 1 unspecified atom stereocenters. The predicted molar refractivity (Wildman–Crippen MR) is 115 cm³/mol. The van der Waals surface area contributed by atoms with E-state index in [1.54, 1.807) is 30.9 Å². The number of ether oxygens (including phenoxy) is 2. The van der Waals surface area contributed by atoms with Gasteiger partial charge >= 0.3 is 0 Å². The van der Waals surface area contributed by atoms with Gasteiger partial charge in [-0.25, -0.2) is 0 Å². The highest BCUT2D eigenvalue weighted by molar-refractivity contribution is 7.99. The summed E-state index contributed by atoms with van der Waals surface area (Å²) in [5.41, 5.74) is 1.84. The number of fused-ring (bicyclic) bond motifs is 1. The van der Waals surface area contributed by atoms with Crippen molar-refractivity contribution >= 4 is 29.3 Å². The molecule has 3 rings (SSSR count). The molecule has 1 aliphatic heterocycles. The summed E-state index contributed by atoms with van der Waals surface area (Å²) in [5.74, 6) is 1.95. The van der Waals surface area contributed by atoms with Crippen molar-refractivity contribution in [2.45, 2.75) is 30.7 Å². The average Bonchev–Trinajstić information content (AvgIpc) is 2.76. The number of rotatable bonds is 7. The van der Waals surface area contributed by atoms with Gasteiger partial charge in [0.05, 0.1) is 25.9 Å². The van der Waals surface area contributed by atoms with Crippen molar-refractivity contribution in [3.05, 3.63) is 48.0 Å². The number of benzene rings is 2. The third-order valence-corrected chi connectivity index (χ3v) is 5.92. The first-order valence-corrected chi connectivity index (χ1v) is 10.6. The number of methoxy groups -OCH3 is 2. The number of thioether (sulfide) groups is 1. The smallest absolute Gasteiger partial charge is 0.227 e. The highest BCUT2D eigenvalue weighted by Crippen LogP contribution is 2.34. The molecule has 0 aliphatic carbocycles. The van der Waals surface area contributed by atoms with Crippen LogP contribution in [0.5, 0.6) is 11.5 Å². The van der Waals surface area contributed by atoms with Gasteiger partial charge in [-0.15, -0.1) is 11.8 Å². The van der Waals surface area contributed by atoms with Gasteiger partial charge in [-0.05, 0) is 36.8 Å². The molecule has 2 aromatic rings. The van der Waals surface area contributed by atoms with Gasteiger partial charge < -0.3 is 19.7 Å². The molecule has 0 saturated heterocycles. The van der Waals surface area contributed by atoms with Crippen molar-refractivity contribution in [2.24, 2.45) is 0 Å². The largest absolute Gasteiger partial charge is 0.493 e. The summed E-state index contributed by atoms with van der Waals surface area (Å²) in [6.45, 7) is 2.57. The van der Waals surface area contributed by atoms with Crippen LogP contribution in [-0.2, 0) is 9.59 Å². The fraction of sp³-hybridized carbons (Fsp3) is 0.364. The van der Waals surface area contributed by atoms with Crippen LogP contribution in [0.25, 0.3) is 0 Å². The van der Waals surface area contributed by atoms with Crippen LogP contribution in [0.1, 0.15) is 31.4 Å². The second-order valence-electron chi connectivity index (χ2n) is 6.77. The Morgan fingerprint density at radius 2 is 1.86 bits per heavy atom. The number of hydrogen-bond donors (Lipinski definition) is 1. The van der Waals surface area contributed by atoms with E-state index in [0.717, 1.165) is 21.9 Å². The van der Waals surface area contributed by atoms with Crippen LogP contribution in [0, 0.1) is 0 Å². The maximum atomic E-state index is 12.7. The summed E-state index contributed by atoms with van der Waals surface area (Å²) < 4.78 is 10.6. The molecule has 0 aromatic heterocycles. The van der Waals surface area contributed by atoms with Gasteiger partial charge in [0, 0.05) is 30.0 Å². The lowest BCUT2D eigenvalue weighted by atomic mass is 10.1. The summed E-state index contributed by atoms with van der Waals surface area (Å²) in [6, 6.07) is 13.2. The van der Waals surface area contributed by atoms with Crippen LogP contribution >= 0.6 is 11.8 Å². The first-order chi connectivity index (χ1) is 14.0. The molecule has 29 heavy (non-hydrogen) atoms. The number of hydrogen-bond acceptors (Lipinski definition) is 5. The van der Waals surface area contributed by atoms with Crippen LogP contribution in [0.4, 0.5) is 5.69 Å². The number of carbonyl (C=O) groups excluding carboxylic acids is 2. The molecule has 1 atom stereocenters. The first kappa shape index (κ1) is 21.0. The molecule has 2 amide bonds. The molecular formula is C22H26N2O4S. The Morgan fingerprint density at radius 3 is 2.62 bits per heavy atom. The molecule has 0 radical (unpaired) electrons. The number of para-hydroxylation sites is 1. The lowest BCUT2D eigenvalue weighted by Crippen LogP contribution is -2.36. The number of nitrogens with one attached hydrogen (secondary N) is 1. The van der Waals surface area contributed by atoms with Crippen molar-refractivity contribution < 1.29 is 19.1 Å². The molecule has 1 heterocycles. The van der Waals surface area contributed by atoms with E-state index >= 15 is 0 Å². The van der Waals surface area contributed by atoms with E-state index in [1.807, 2.05) is 49.4 Å². The van der Waals surface area contributed by atoms with E-state index in [2.05, 4.69) is 5.32 Å². The average molecular weight is 415 g/mol. The van der Waals surface area contributed by atoms with Crippen molar-refractivity contribution in [1.29, 1.82) is 0 Å². The van der Waals surface area contributed by atoms with Gasteiger partial charge in [0.15, 0.2) is 11.5 Å². The summed E-state index contributed by atoms with van der Waals surface area (Å²) in [7, 11) is 3.16. The van der Waals surface area contributed by atoms with E-state index in [-0.39, 0.29) is 30.7 Å². The lowest BCUT2D eigenvalue weighted by Gasteiger charge is -2.29. The molecule has 0 bridgehead atoms. The van der Waals surface area contributed by atoms with Gasteiger partial charge in [-0.2, -0.15) is 0 Å². The summed E-state index contributed by atoms with van der Waals surface area (Å²) in [4.78, 5) is 28.0. The maximum Gasteiger partial charge on any atom is 0.227 e. The van der Waals surface area contributed by atoms with Gasteiger partial charge in [0.25, 0.3) is 0 Å². The van der Waals surface area contributed by atoms with Crippen LogP contribution in [0.3, 0.4) is 0 Å². The molecule has 0 spiro atoms. The number of amides is 2. The molecular weight excluding hydrogens is 388 g/mol. The third-order valence-electron chi connectivity index (χ3n) is 4.88. The topological polar surface area (TPSA) is 67.9 Å². The van der Waals surface area contributed by atoms with Crippen molar-refractivity contribution in [2.75, 3.05) is 31.4 Å². The van der Waals surface area contributed by atoms with Crippen LogP contribution in [0.15, 0.2) is 47.4 Å². The van der Waals surface area contributed by atoms with Crippen LogP contribution < -0.4 is 19.7 Å². The summed E-state index contributed by atoms with van der Waals surface area (Å²) in [6.07, 6.45) is 0.339. The van der Waals surface area contributed by atoms with E-state index in [4.69, 9.17) is 9.47 Å². The summed E-state index contributed by atoms with van der Waals surface area (Å²) in [5, 5.41) is 2.95. The third kappa shape index (κ3) is 5.03. The molecule has 1 aliphatic rings. The van der Waals surface area contributed by atoms with E-state index in [0.29, 0.717) is 18.0 Å². The van der Waals surface area contributed by atoms with Gasteiger partial charge in [0.2, 0.25) is 11.8 Å². The fourth-order valence-electron chi connectivity index (χ4n) is 3.30. The number of carbonyl (C=O) groups is 2. The van der Waals surface area contributed by atoms with E-state index in [1.165, 1.54) is 0 Å². The Bertz CT molecular complexity index is 887. The monoisotopic (exact) mass is 414 g/mol. The SMILES string of the molecule is COc1ccc(C(C)NC(=O)CCC(=O)N2CCSc3ccccc32)cc1OC. The number of nitrogens with zero attached hydrogens (tertiary/aromatic N) is 1. The molecule has 2 aromatic carbocycles. The Labute approximate surface area is 175 Å². The predicted octanol–water partition coefficient (Wildman–Crippen LogP) is 3.80. The zero-order valence-corrected chi connectivity index (χ0v) is 17.8. The minimum absolute atomic E-state index is 0.0216.